The smallest absolute Gasteiger partial charge is 0.325 e. The highest BCUT2D eigenvalue weighted by Crippen LogP contribution is 2.10. The fourth-order valence-corrected chi connectivity index (χ4v) is 1.35. The minimum absolute atomic E-state index is 0.132. The summed E-state index contributed by atoms with van der Waals surface area (Å²) in [6, 6.07) is 0. The molecule has 0 saturated heterocycles. The molecule has 0 spiro atoms. The Bertz CT molecular complexity index is 397. The molecule has 2 aliphatic heterocycles. The molecule has 0 fully saturated rings. The summed E-state index contributed by atoms with van der Waals surface area (Å²) in [5, 5.41) is 13.5. The van der Waals surface area contributed by atoms with E-state index in [2.05, 4.69) is 5.10 Å². The molecule has 0 unspecified atom stereocenters. The van der Waals surface area contributed by atoms with Crippen LogP contribution in [0.2, 0.25) is 0 Å². The Labute approximate surface area is 85.8 Å². The summed E-state index contributed by atoms with van der Waals surface area (Å²) in [5.41, 5.74) is 0. The molecular weight excluding hydrogens is 198 g/mol. The maximum absolute atomic E-state index is 11.4. The van der Waals surface area contributed by atoms with Crippen LogP contribution in [0.25, 0.3) is 0 Å². The molecule has 78 valence electrons. The van der Waals surface area contributed by atoms with Gasteiger partial charge in [0.1, 0.15) is 13.1 Å². The molecule has 0 aromatic heterocycles. The molecule has 2 rings (SSSR count). The van der Waals surface area contributed by atoms with Crippen molar-refractivity contribution in [2.24, 2.45) is 5.10 Å². The van der Waals surface area contributed by atoms with E-state index in [4.69, 9.17) is 5.11 Å². The van der Waals surface area contributed by atoms with Gasteiger partial charge in [-0.15, -0.1) is 0 Å². The number of hydrogen-bond donors (Lipinski definition) is 1. The number of fused-ring (bicyclic) bond motifs is 1. The number of amidine groups is 1. The summed E-state index contributed by atoms with van der Waals surface area (Å²) >= 11 is 0. The van der Waals surface area contributed by atoms with Crippen LogP contribution < -0.4 is 0 Å². The fraction of sp³-hybridized carbons (Fsp3) is 0.222. The Kier molecular flexibility index (Phi) is 2.24. The van der Waals surface area contributed by atoms with Crippen LogP contribution >= 0.6 is 0 Å². The Morgan fingerprint density at radius 3 is 3.07 bits per heavy atom. The molecule has 0 atom stereocenters. The monoisotopic (exact) mass is 207 g/mol. The van der Waals surface area contributed by atoms with Crippen molar-refractivity contribution < 1.29 is 14.7 Å². The molecule has 0 aliphatic carbocycles. The van der Waals surface area contributed by atoms with Crippen molar-refractivity contribution >= 4 is 17.7 Å². The van der Waals surface area contributed by atoms with E-state index in [1.165, 1.54) is 0 Å². The predicted octanol–water partition coefficient (Wildman–Crippen LogP) is -0.388. The molecule has 0 aromatic carbocycles. The van der Waals surface area contributed by atoms with Crippen molar-refractivity contribution in [2.45, 2.75) is 0 Å². The minimum Gasteiger partial charge on any atom is -0.480 e. The average molecular weight is 207 g/mol. The molecule has 6 nitrogen and oxygen atoms in total. The fourth-order valence-electron chi connectivity index (χ4n) is 1.35. The average Bonchev–Trinajstić information content (AvgIpc) is 2.18. The van der Waals surface area contributed by atoms with Crippen LogP contribution in [0, 0.1) is 0 Å². The van der Waals surface area contributed by atoms with E-state index < -0.39 is 12.5 Å². The van der Waals surface area contributed by atoms with Gasteiger partial charge in [0.05, 0.1) is 0 Å². The first-order valence-corrected chi connectivity index (χ1v) is 4.39. The van der Waals surface area contributed by atoms with Crippen LogP contribution in [0.5, 0.6) is 0 Å². The van der Waals surface area contributed by atoms with E-state index in [1.54, 1.807) is 29.3 Å². The molecule has 1 amide bonds. The normalized spacial score (nSPS) is 18.9. The quantitative estimate of drug-likeness (QED) is 0.669. The highest BCUT2D eigenvalue weighted by Gasteiger charge is 2.26. The summed E-state index contributed by atoms with van der Waals surface area (Å²) in [5.74, 6) is -0.809. The van der Waals surface area contributed by atoms with Gasteiger partial charge >= 0.3 is 5.97 Å². The molecule has 6 heteroatoms. The van der Waals surface area contributed by atoms with Gasteiger partial charge in [0.2, 0.25) is 0 Å². The second-order valence-corrected chi connectivity index (χ2v) is 3.13. The standard InChI is InChI=1S/C9H9N3O3/c13-8-5-11-4-2-1-3-7(11)10-12(8)6-9(14)15/h1-4H,5-6H2,(H,14,15). The summed E-state index contributed by atoms with van der Waals surface area (Å²) in [4.78, 5) is 23.6. The van der Waals surface area contributed by atoms with Crippen molar-refractivity contribution in [3.8, 4) is 0 Å². The number of aliphatic carboxylic acids is 1. The van der Waals surface area contributed by atoms with Gasteiger partial charge < -0.3 is 10.0 Å². The zero-order valence-electron chi connectivity index (χ0n) is 7.83. The Morgan fingerprint density at radius 2 is 2.33 bits per heavy atom. The van der Waals surface area contributed by atoms with E-state index in [0.717, 1.165) is 5.01 Å². The third-order valence-corrected chi connectivity index (χ3v) is 2.02. The maximum Gasteiger partial charge on any atom is 0.325 e. The van der Waals surface area contributed by atoms with Crippen LogP contribution in [0.3, 0.4) is 0 Å². The molecular formula is C9H9N3O3. The van der Waals surface area contributed by atoms with Crippen LogP contribution in [0.15, 0.2) is 29.5 Å². The lowest BCUT2D eigenvalue weighted by Crippen LogP contribution is -2.46. The minimum atomic E-state index is -1.07. The zero-order chi connectivity index (χ0) is 10.8. The van der Waals surface area contributed by atoms with E-state index >= 15 is 0 Å². The first-order chi connectivity index (χ1) is 7.16. The van der Waals surface area contributed by atoms with Gasteiger partial charge in [-0.1, -0.05) is 6.08 Å². The molecule has 0 radical (unpaired) electrons. The number of nitrogens with zero attached hydrogens (tertiary/aromatic N) is 3. The highest BCUT2D eigenvalue weighted by atomic mass is 16.4. The SMILES string of the molecule is O=C(O)CN1N=C2C=CC=CN2CC1=O. The van der Waals surface area contributed by atoms with Crippen molar-refractivity contribution in [3.05, 3.63) is 24.4 Å². The van der Waals surface area contributed by atoms with Gasteiger partial charge in [-0.05, 0) is 12.2 Å². The lowest BCUT2D eigenvalue weighted by molar-refractivity contribution is -0.145. The molecule has 2 aliphatic rings. The Hall–Kier alpha value is -2.11. The second-order valence-electron chi connectivity index (χ2n) is 3.13. The lowest BCUT2D eigenvalue weighted by Gasteiger charge is -2.30. The molecule has 15 heavy (non-hydrogen) atoms. The van der Waals surface area contributed by atoms with Gasteiger partial charge in [0, 0.05) is 6.20 Å². The van der Waals surface area contributed by atoms with Gasteiger partial charge in [-0.2, -0.15) is 5.10 Å². The largest absolute Gasteiger partial charge is 0.480 e. The Morgan fingerprint density at radius 1 is 1.53 bits per heavy atom. The van der Waals surface area contributed by atoms with Crippen LogP contribution in [-0.2, 0) is 9.59 Å². The predicted molar refractivity (Wildman–Crippen MR) is 51.8 cm³/mol. The van der Waals surface area contributed by atoms with Gasteiger partial charge in [0.15, 0.2) is 5.84 Å². The lowest BCUT2D eigenvalue weighted by atomic mass is 10.3. The third kappa shape index (κ3) is 1.88. The molecule has 1 N–H and O–H groups in total. The van der Waals surface area contributed by atoms with Gasteiger partial charge in [0.25, 0.3) is 5.91 Å². The Balaban J connectivity index is 2.21. The number of carbonyl (C=O) groups is 2. The van der Waals surface area contributed by atoms with Crippen LogP contribution in [0.1, 0.15) is 0 Å². The van der Waals surface area contributed by atoms with Gasteiger partial charge in [-0.25, -0.2) is 5.01 Å². The topological polar surface area (TPSA) is 73.2 Å². The number of amides is 1. The number of rotatable bonds is 2. The van der Waals surface area contributed by atoms with Crippen molar-refractivity contribution in [1.82, 2.24) is 9.91 Å². The van der Waals surface area contributed by atoms with Crippen LogP contribution in [-0.4, -0.2) is 45.8 Å². The number of carboxylic acids is 1. The number of carboxylic acid groups (broad SMARTS) is 1. The molecule has 2 heterocycles. The van der Waals surface area contributed by atoms with Gasteiger partial charge in [-0.3, -0.25) is 9.59 Å². The van der Waals surface area contributed by atoms with E-state index in [1.807, 2.05) is 0 Å². The first-order valence-electron chi connectivity index (χ1n) is 4.39. The van der Waals surface area contributed by atoms with E-state index in [-0.39, 0.29) is 12.5 Å². The molecule has 0 saturated carbocycles. The number of hydrazone groups is 1. The van der Waals surface area contributed by atoms with E-state index in [9.17, 15) is 9.59 Å². The van der Waals surface area contributed by atoms with Crippen LogP contribution in [0.4, 0.5) is 0 Å². The van der Waals surface area contributed by atoms with Crippen molar-refractivity contribution in [1.29, 1.82) is 0 Å². The van der Waals surface area contributed by atoms with E-state index in [0.29, 0.717) is 5.84 Å². The first kappa shape index (κ1) is 9.45. The van der Waals surface area contributed by atoms with Crippen molar-refractivity contribution in [2.75, 3.05) is 13.1 Å². The molecule has 0 bridgehead atoms. The summed E-state index contributed by atoms with van der Waals surface area (Å²) in [6.07, 6.45) is 7.03. The molecule has 0 aromatic rings. The highest BCUT2D eigenvalue weighted by molar-refractivity contribution is 6.00. The summed E-state index contributed by atoms with van der Waals surface area (Å²) in [7, 11) is 0. The number of hydrogen-bond acceptors (Lipinski definition) is 4. The second kappa shape index (κ2) is 3.56. The third-order valence-electron chi connectivity index (χ3n) is 2.02. The summed E-state index contributed by atoms with van der Waals surface area (Å²) < 4.78 is 0. The van der Waals surface area contributed by atoms with Crippen molar-refractivity contribution in [3.63, 3.8) is 0 Å². The maximum atomic E-state index is 11.4. The zero-order valence-corrected chi connectivity index (χ0v) is 7.83. The number of carbonyl (C=O) groups excluding carboxylic acids is 1. The number of allylic oxidation sites excluding steroid dienone is 2. The summed E-state index contributed by atoms with van der Waals surface area (Å²) in [6.45, 7) is -0.263.